The van der Waals surface area contributed by atoms with E-state index in [2.05, 4.69) is 17.2 Å². The number of rotatable bonds is 5. The highest BCUT2D eigenvalue weighted by atomic mass is 16.6. The van der Waals surface area contributed by atoms with Crippen LogP contribution in [0.4, 0.5) is 0 Å². The Morgan fingerprint density at radius 3 is 2.81 bits per heavy atom. The fourth-order valence-corrected chi connectivity index (χ4v) is 1.77. The number of benzene rings is 1. The predicted octanol–water partition coefficient (Wildman–Crippen LogP) is 2.63. The predicted molar refractivity (Wildman–Crippen MR) is 64.3 cm³/mol. The van der Waals surface area contributed by atoms with Gasteiger partial charge in [0.05, 0.1) is 7.11 Å². The molecule has 0 fully saturated rings. The van der Waals surface area contributed by atoms with Gasteiger partial charge in [0.2, 0.25) is 0 Å². The Hall–Kier alpha value is -1.35. The molecule has 1 aromatic carbocycles. The van der Waals surface area contributed by atoms with Gasteiger partial charge in [0.25, 0.3) is 5.91 Å². The Bertz CT molecular complexity index is 361. The fourth-order valence-electron chi connectivity index (χ4n) is 1.77. The van der Waals surface area contributed by atoms with E-state index in [1.807, 2.05) is 25.1 Å². The second kappa shape index (κ2) is 6.28. The lowest BCUT2D eigenvalue weighted by Gasteiger charge is -2.11. The van der Waals surface area contributed by atoms with Gasteiger partial charge in [-0.3, -0.25) is 9.63 Å². The van der Waals surface area contributed by atoms with E-state index in [1.54, 1.807) is 0 Å². The third-order valence-corrected chi connectivity index (χ3v) is 2.58. The van der Waals surface area contributed by atoms with Crippen molar-refractivity contribution in [2.45, 2.75) is 33.1 Å². The molecule has 1 aromatic rings. The van der Waals surface area contributed by atoms with Crippen molar-refractivity contribution in [1.29, 1.82) is 0 Å². The number of nitrogens with one attached hydrogen (secondary N) is 1. The first-order valence-electron chi connectivity index (χ1n) is 5.62. The van der Waals surface area contributed by atoms with Crippen molar-refractivity contribution in [1.82, 2.24) is 5.48 Å². The molecular weight excluding hydrogens is 202 g/mol. The van der Waals surface area contributed by atoms with Crippen LogP contribution < -0.4 is 5.48 Å². The average molecular weight is 221 g/mol. The molecule has 1 N–H and O–H groups in total. The molecule has 0 aromatic heterocycles. The lowest BCUT2D eigenvalue weighted by Crippen LogP contribution is -2.24. The second-order valence-electron chi connectivity index (χ2n) is 3.85. The lowest BCUT2D eigenvalue weighted by atomic mass is 9.97. The van der Waals surface area contributed by atoms with Gasteiger partial charge in [-0.05, 0) is 30.9 Å². The maximum atomic E-state index is 11.8. The van der Waals surface area contributed by atoms with Gasteiger partial charge < -0.3 is 0 Å². The Balaban J connectivity index is 2.98. The van der Waals surface area contributed by atoms with Crippen LogP contribution in [0.25, 0.3) is 0 Å². The maximum Gasteiger partial charge on any atom is 0.275 e. The molecule has 0 unspecified atom stereocenters. The molecule has 1 amide bonds. The molecule has 0 atom stereocenters. The van der Waals surface area contributed by atoms with Crippen LogP contribution in [0.5, 0.6) is 0 Å². The van der Waals surface area contributed by atoms with E-state index in [1.165, 1.54) is 7.11 Å². The number of hydrogen-bond acceptors (Lipinski definition) is 2. The van der Waals surface area contributed by atoms with E-state index < -0.39 is 0 Å². The highest BCUT2D eigenvalue weighted by Gasteiger charge is 2.13. The molecule has 16 heavy (non-hydrogen) atoms. The summed E-state index contributed by atoms with van der Waals surface area (Å²) in [6.07, 6.45) is 3.15. The minimum Gasteiger partial charge on any atom is -0.277 e. The minimum atomic E-state index is -0.160. The van der Waals surface area contributed by atoms with Crippen LogP contribution in [-0.2, 0) is 11.3 Å². The Morgan fingerprint density at radius 2 is 2.19 bits per heavy atom. The smallest absolute Gasteiger partial charge is 0.275 e. The molecule has 88 valence electrons. The number of carbonyl (C=O) groups excluding carboxylic acids is 1. The van der Waals surface area contributed by atoms with Crippen molar-refractivity contribution < 1.29 is 9.63 Å². The van der Waals surface area contributed by atoms with Crippen molar-refractivity contribution in [2.24, 2.45) is 0 Å². The normalized spacial score (nSPS) is 10.2. The molecule has 0 saturated carbocycles. The summed E-state index contributed by atoms with van der Waals surface area (Å²) >= 11 is 0. The van der Waals surface area contributed by atoms with Gasteiger partial charge in [-0.25, -0.2) is 5.48 Å². The summed E-state index contributed by atoms with van der Waals surface area (Å²) in [6.45, 7) is 4.09. The SMILES string of the molecule is CCCCc1cccc(C)c1C(=O)NOC. The van der Waals surface area contributed by atoms with E-state index in [0.29, 0.717) is 0 Å². The van der Waals surface area contributed by atoms with E-state index in [9.17, 15) is 4.79 Å². The summed E-state index contributed by atoms with van der Waals surface area (Å²) in [7, 11) is 1.45. The van der Waals surface area contributed by atoms with Crippen LogP contribution in [0.2, 0.25) is 0 Å². The van der Waals surface area contributed by atoms with Crippen LogP contribution in [0.1, 0.15) is 41.3 Å². The molecule has 0 heterocycles. The van der Waals surface area contributed by atoms with Gasteiger partial charge in [0.15, 0.2) is 0 Å². The molecule has 0 aliphatic rings. The standard InChI is InChI=1S/C13H19NO2/c1-4-5-8-11-9-6-7-10(2)12(11)13(15)14-16-3/h6-7,9H,4-5,8H2,1-3H3,(H,14,15). The summed E-state index contributed by atoms with van der Waals surface area (Å²) in [6, 6.07) is 5.94. The fraction of sp³-hybridized carbons (Fsp3) is 0.462. The van der Waals surface area contributed by atoms with Crippen LogP contribution in [0.3, 0.4) is 0 Å². The van der Waals surface area contributed by atoms with Crippen LogP contribution in [0, 0.1) is 6.92 Å². The number of hydroxylamine groups is 1. The molecular formula is C13H19NO2. The molecule has 3 nitrogen and oxygen atoms in total. The van der Waals surface area contributed by atoms with E-state index >= 15 is 0 Å². The minimum absolute atomic E-state index is 0.160. The monoisotopic (exact) mass is 221 g/mol. The Kier molecular flexibility index (Phi) is 4.99. The molecule has 0 radical (unpaired) electrons. The van der Waals surface area contributed by atoms with Gasteiger partial charge >= 0.3 is 0 Å². The lowest BCUT2D eigenvalue weighted by molar-refractivity contribution is 0.0536. The van der Waals surface area contributed by atoms with Crippen LogP contribution in [0.15, 0.2) is 18.2 Å². The summed E-state index contributed by atoms with van der Waals surface area (Å²) < 4.78 is 0. The van der Waals surface area contributed by atoms with E-state index in [4.69, 9.17) is 0 Å². The molecule has 0 spiro atoms. The first-order valence-corrected chi connectivity index (χ1v) is 5.62. The third-order valence-electron chi connectivity index (χ3n) is 2.58. The Labute approximate surface area is 96.8 Å². The molecule has 0 bridgehead atoms. The number of unbranched alkanes of at least 4 members (excludes halogenated alkanes) is 1. The Morgan fingerprint density at radius 1 is 1.44 bits per heavy atom. The van der Waals surface area contributed by atoms with Crippen molar-refractivity contribution in [3.05, 3.63) is 34.9 Å². The summed E-state index contributed by atoms with van der Waals surface area (Å²) in [5, 5.41) is 0. The van der Waals surface area contributed by atoms with Gasteiger partial charge in [0, 0.05) is 5.56 Å². The topological polar surface area (TPSA) is 38.3 Å². The van der Waals surface area contributed by atoms with Gasteiger partial charge in [-0.2, -0.15) is 0 Å². The van der Waals surface area contributed by atoms with E-state index in [-0.39, 0.29) is 5.91 Å². The van der Waals surface area contributed by atoms with Gasteiger partial charge in [-0.1, -0.05) is 31.5 Å². The molecule has 1 rings (SSSR count). The maximum absolute atomic E-state index is 11.8. The van der Waals surface area contributed by atoms with Gasteiger partial charge in [0.1, 0.15) is 0 Å². The second-order valence-corrected chi connectivity index (χ2v) is 3.85. The van der Waals surface area contributed by atoms with Crippen molar-refractivity contribution in [3.8, 4) is 0 Å². The number of hydrogen-bond donors (Lipinski definition) is 1. The van der Waals surface area contributed by atoms with Crippen LogP contribution in [-0.4, -0.2) is 13.0 Å². The average Bonchev–Trinajstić information content (AvgIpc) is 2.26. The van der Waals surface area contributed by atoms with Crippen LogP contribution >= 0.6 is 0 Å². The van der Waals surface area contributed by atoms with E-state index in [0.717, 1.165) is 36.0 Å². The zero-order valence-electron chi connectivity index (χ0n) is 10.2. The first-order chi connectivity index (χ1) is 7.70. The zero-order valence-corrected chi connectivity index (χ0v) is 10.2. The molecule has 0 aliphatic heterocycles. The summed E-state index contributed by atoms with van der Waals surface area (Å²) in [5.74, 6) is -0.160. The quantitative estimate of drug-likeness (QED) is 0.776. The number of aryl methyl sites for hydroxylation is 2. The molecule has 3 heteroatoms. The summed E-state index contributed by atoms with van der Waals surface area (Å²) in [4.78, 5) is 16.5. The zero-order chi connectivity index (χ0) is 12.0. The van der Waals surface area contributed by atoms with Crippen molar-refractivity contribution >= 4 is 5.91 Å². The number of carbonyl (C=O) groups is 1. The molecule has 0 saturated heterocycles. The first kappa shape index (κ1) is 12.7. The highest BCUT2D eigenvalue weighted by molar-refractivity contribution is 5.96. The summed E-state index contributed by atoms with van der Waals surface area (Å²) in [5.41, 5.74) is 5.21. The number of amides is 1. The van der Waals surface area contributed by atoms with Crippen molar-refractivity contribution in [3.63, 3.8) is 0 Å². The van der Waals surface area contributed by atoms with Crippen molar-refractivity contribution in [2.75, 3.05) is 7.11 Å². The molecule has 0 aliphatic carbocycles. The van der Waals surface area contributed by atoms with Gasteiger partial charge in [-0.15, -0.1) is 0 Å². The largest absolute Gasteiger partial charge is 0.277 e. The highest BCUT2D eigenvalue weighted by Crippen LogP contribution is 2.16. The third kappa shape index (κ3) is 3.07.